The standard InChI is InChI=1S/C11H9F6N3O4S2/c12-10(13,14)5-19-9(21)6-3-8(25-7(6)4-18)24-2-1-20-26(22,23)11(15,16)17/h3,20H,1-2,5H2,(H,19,21). The molecule has 1 aromatic rings. The van der Waals surface area contributed by atoms with E-state index >= 15 is 0 Å². The van der Waals surface area contributed by atoms with Crippen LogP contribution >= 0.6 is 11.3 Å². The van der Waals surface area contributed by atoms with Crippen molar-refractivity contribution in [2.24, 2.45) is 0 Å². The summed E-state index contributed by atoms with van der Waals surface area (Å²) in [7, 11) is -5.54. The molecule has 0 aromatic carbocycles. The van der Waals surface area contributed by atoms with Gasteiger partial charge in [0, 0.05) is 12.6 Å². The van der Waals surface area contributed by atoms with Crippen LogP contribution in [0.2, 0.25) is 0 Å². The minimum Gasteiger partial charge on any atom is -0.483 e. The maximum Gasteiger partial charge on any atom is 0.511 e. The predicted molar refractivity (Wildman–Crippen MR) is 75.9 cm³/mol. The second-order valence-electron chi connectivity index (χ2n) is 4.41. The summed E-state index contributed by atoms with van der Waals surface area (Å²) in [5.41, 5.74) is -5.90. The fraction of sp³-hybridized carbons (Fsp3) is 0.455. The number of carbonyl (C=O) groups is 1. The largest absolute Gasteiger partial charge is 0.511 e. The van der Waals surface area contributed by atoms with Crippen molar-refractivity contribution >= 4 is 27.3 Å². The van der Waals surface area contributed by atoms with E-state index in [2.05, 4.69) is 0 Å². The monoisotopic (exact) mass is 425 g/mol. The molecule has 0 aliphatic rings. The van der Waals surface area contributed by atoms with Gasteiger partial charge in [-0.3, -0.25) is 4.79 Å². The summed E-state index contributed by atoms with van der Waals surface area (Å²) in [5, 5.41) is 10.3. The van der Waals surface area contributed by atoms with Crippen LogP contribution in [-0.2, 0) is 10.0 Å². The Morgan fingerprint density at radius 1 is 1.27 bits per heavy atom. The van der Waals surface area contributed by atoms with Gasteiger partial charge in [0.2, 0.25) is 0 Å². The highest BCUT2D eigenvalue weighted by Crippen LogP contribution is 2.29. The van der Waals surface area contributed by atoms with Gasteiger partial charge in [-0.25, -0.2) is 13.1 Å². The van der Waals surface area contributed by atoms with Gasteiger partial charge in [0.05, 0.1) is 5.56 Å². The topological polar surface area (TPSA) is 108 Å². The summed E-state index contributed by atoms with van der Waals surface area (Å²) in [5.74, 6) is -1.19. The van der Waals surface area contributed by atoms with Crippen molar-refractivity contribution < 1.29 is 44.3 Å². The molecule has 0 atom stereocenters. The number of amides is 1. The van der Waals surface area contributed by atoms with Crippen LogP contribution in [0.15, 0.2) is 6.07 Å². The Bertz CT molecular complexity index is 794. The van der Waals surface area contributed by atoms with Crippen LogP contribution in [0.5, 0.6) is 5.06 Å². The van der Waals surface area contributed by atoms with Crippen LogP contribution in [-0.4, -0.2) is 45.7 Å². The van der Waals surface area contributed by atoms with Gasteiger partial charge in [-0.1, -0.05) is 11.3 Å². The average Bonchev–Trinajstić information content (AvgIpc) is 2.90. The molecule has 0 fully saturated rings. The van der Waals surface area contributed by atoms with Crippen LogP contribution in [0.3, 0.4) is 0 Å². The minimum absolute atomic E-state index is 0.162. The van der Waals surface area contributed by atoms with E-state index in [1.807, 2.05) is 0 Å². The number of thiophene rings is 1. The summed E-state index contributed by atoms with van der Waals surface area (Å²) in [6.45, 7) is -2.97. The van der Waals surface area contributed by atoms with Crippen molar-refractivity contribution in [2.45, 2.75) is 11.7 Å². The molecular weight excluding hydrogens is 416 g/mol. The fourth-order valence-electron chi connectivity index (χ4n) is 1.38. The van der Waals surface area contributed by atoms with Crippen molar-refractivity contribution in [1.29, 1.82) is 5.26 Å². The third kappa shape index (κ3) is 6.35. The van der Waals surface area contributed by atoms with E-state index in [0.29, 0.717) is 11.3 Å². The Hall–Kier alpha value is -2.05. The summed E-state index contributed by atoms with van der Waals surface area (Å²) in [4.78, 5) is 11.3. The fourth-order valence-corrected chi connectivity index (χ4v) is 2.72. The maximum atomic E-state index is 12.1. The number of alkyl halides is 6. The number of hydrogen-bond acceptors (Lipinski definition) is 6. The third-order valence-corrected chi connectivity index (χ3v) is 4.59. The van der Waals surface area contributed by atoms with E-state index < -0.39 is 52.9 Å². The summed E-state index contributed by atoms with van der Waals surface area (Å²) < 4.78 is 100. The van der Waals surface area contributed by atoms with E-state index in [9.17, 15) is 39.6 Å². The highest BCUT2D eigenvalue weighted by atomic mass is 32.2. The Morgan fingerprint density at radius 2 is 1.88 bits per heavy atom. The molecule has 0 aliphatic carbocycles. The summed E-state index contributed by atoms with van der Waals surface area (Å²) in [6, 6.07) is 2.49. The molecule has 1 aromatic heterocycles. The molecule has 0 saturated heterocycles. The van der Waals surface area contributed by atoms with E-state index in [0.717, 1.165) is 6.07 Å². The number of nitrogens with one attached hydrogen (secondary N) is 2. The second-order valence-corrected chi connectivity index (χ2v) is 7.18. The summed E-state index contributed by atoms with van der Waals surface area (Å²) >= 11 is 0.560. The van der Waals surface area contributed by atoms with Gasteiger partial charge in [-0.2, -0.15) is 31.6 Å². The van der Waals surface area contributed by atoms with Crippen molar-refractivity contribution in [3.63, 3.8) is 0 Å². The molecule has 0 aliphatic heterocycles. The number of nitriles is 1. The van der Waals surface area contributed by atoms with Crippen LogP contribution in [0.1, 0.15) is 15.2 Å². The third-order valence-electron chi connectivity index (χ3n) is 2.45. The van der Waals surface area contributed by atoms with Crippen LogP contribution in [0.25, 0.3) is 0 Å². The zero-order chi connectivity index (χ0) is 20.2. The Kier molecular flexibility index (Phi) is 6.85. The zero-order valence-electron chi connectivity index (χ0n) is 12.4. The van der Waals surface area contributed by atoms with Gasteiger partial charge >= 0.3 is 21.7 Å². The molecule has 7 nitrogen and oxygen atoms in total. The summed E-state index contributed by atoms with van der Waals surface area (Å²) in [6.07, 6.45) is -4.66. The maximum absolute atomic E-state index is 12.1. The van der Waals surface area contributed by atoms with Gasteiger partial charge in [-0.05, 0) is 0 Å². The first-order chi connectivity index (χ1) is 11.8. The normalized spacial score (nSPS) is 12.5. The SMILES string of the molecule is N#Cc1sc(OCCNS(=O)(=O)C(F)(F)F)cc1C(=O)NCC(F)(F)F. The lowest BCUT2D eigenvalue weighted by atomic mass is 10.2. The van der Waals surface area contributed by atoms with Crippen LogP contribution < -0.4 is 14.8 Å². The quantitative estimate of drug-likeness (QED) is 0.511. The highest BCUT2D eigenvalue weighted by Gasteiger charge is 2.45. The van der Waals surface area contributed by atoms with Crippen LogP contribution in [0, 0.1) is 11.3 Å². The van der Waals surface area contributed by atoms with Crippen LogP contribution in [0.4, 0.5) is 26.3 Å². The molecule has 0 radical (unpaired) electrons. The van der Waals surface area contributed by atoms with Gasteiger partial charge in [0.25, 0.3) is 5.91 Å². The van der Waals surface area contributed by atoms with E-state index in [-0.39, 0.29) is 9.94 Å². The number of nitrogens with zero attached hydrogens (tertiary/aromatic N) is 1. The lowest BCUT2D eigenvalue weighted by Gasteiger charge is -2.09. The molecule has 0 bridgehead atoms. The van der Waals surface area contributed by atoms with Crippen molar-refractivity contribution in [2.75, 3.05) is 19.7 Å². The number of halogens is 6. The molecule has 1 rings (SSSR count). The van der Waals surface area contributed by atoms with Gasteiger partial charge < -0.3 is 10.1 Å². The molecule has 0 unspecified atom stereocenters. The molecular formula is C11H9F6N3O4S2. The predicted octanol–water partition coefficient (Wildman–Crippen LogP) is 1.73. The average molecular weight is 425 g/mol. The van der Waals surface area contributed by atoms with E-state index in [1.54, 1.807) is 11.4 Å². The number of rotatable bonds is 7. The van der Waals surface area contributed by atoms with Gasteiger partial charge in [0.1, 0.15) is 24.1 Å². The number of hydrogen-bond donors (Lipinski definition) is 2. The zero-order valence-corrected chi connectivity index (χ0v) is 14.0. The number of sulfonamides is 1. The first-order valence-corrected chi connectivity index (χ1v) is 8.64. The van der Waals surface area contributed by atoms with E-state index in [4.69, 9.17) is 10.00 Å². The number of ether oxygens (including phenoxy) is 1. The molecule has 1 amide bonds. The first-order valence-electron chi connectivity index (χ1n) is 6.34. The van der Waals surface area contributed by atoms with E-state index in [1.165, 1.54) is 4.72 Å². The Morgan fingerprint density at radius 3 is 2.38 bits per heavy atom. The molecule has 1 heterocycles. The Balaban J connectivity index is 2.67. The number of carbonyl (C=O) groups excluding carboxylic acids is 1. The lowest BCUT2D eigenvalue weighted by Crippen LogP contribution is -2.38. The highest BCUT2D eigenvalue weighted by molar-refractivity contribution is 7.90. The molecule has 26 heavy (non-hydrogen) atoms. The molecule has 2 N–H and O–H groups in total. The molecule has 15 heteroatoms. The Labute approximate surface area is 146 Å². The molecule has 146 valence electrons. The van der Waals surface area contributed by atoms with Gasteiger partial charge in [-0.15, -0.1) is 0 Å². The second kappa shape index (κ2) is 8.10. The smallest absolute Gasteiger partial charge is 0.483 e. The van der Waals surface area contributed by atoms with Crippen molar-refractivity contribution in [3.05, 3.63) is 16.5 Å². The van der Waals surface area contributed by atoms with Crippen molar-refractivity contribution in [1.82, 2.24) is 10.0 Å². The van der Waals surface area contributed by atoms with Gasteiger partial charge in [0.15, 0.2) is 5.06 Å². The minimum atomic E-state index is -5.54. The molecule has 0 saturated carbocycles. The van der Waals surface area contributed by atoms with Crippen molar-refractivity contribution in [3.8, 4) is 11.1 Å². The lowest BCUT2D eigenvalue weighted by molar-refractivity contribution is -0.123. The molecule has 0 spiro atoms. The first kappa shape index (κ1) is 22.0.